The number of nitrogens with one attached hydrogen (secondary N) is 3. The Hall–Kier alpha value is -1.59. The van der Waals surface area contributed by atoms with Crippen molar-refractivity contribution in [1.29, 1.82) is 0 Å². The van der Waals surface area contributed by atoms with Crippen LogP contribution in [0.2, 0.25) is 0 Å². The summed E-state index contributed by atoms with van der Waals surface area (Å²) in [5, 5.41) is 14.2. The van der Waals surface area contributed by atoms with E-state index in [9.17, 15) is 4.79 Å². The highest BCUT2D eigenvalue weighted by molar-refractivity contribution is 6.01. The molecule has 1 aromatic heterocycles. The van der Waals surface area contributed by atoms with Crippen LogP contribution >= 0.6 is 12.4 Å². The lowest BCUT2D eigenvalue weighted by Gasteiger charge is -2.21. The number of nitrogens with zero attached hydrogens (tertiary/aromatic N) is 1. The number of hydrogen-bond donors (Lipinski definition) is 3. The molecule has 3 rings (SSSR count). The fourth-order valence-electron chi connectivity index (χ4n) is 2.38. The van der Waals surface area contributed by atoms with Gasteiger partial charge in [0, 0.05) is 11.9 Å². The van der Waals surface area contributed by atoms with Crippen LogP contribution in [0, 0.1) is 5.92 Å². The van der Waals surface area contributed by atoms with Crippen molar-refractivity contribution in [3.8, 4) is 0 Å². The molecule has 0 saturated carbocycles. The molecule has 1 saturated heterocycles. The monoisotopic (exact) mass is 280 g/mol. The number of rotatable bonds is 2. The molecule has 0 bridgehead atoms. The van der Waals surface area contributed by atoms with Crippen molar-refractivity contribution in [2.75, 3.05) is 18.4 Å². The fourth-order valence-corrected chi connectivity index (χ4v) is 2.38. The number of carbonyl (C=O) groups excluding carboxylic acids is 1. The van der Waals surface area contributed by atoms with Crippen molar-refractivity contribution in [3.05, 3.63) is 24.4 Å². The highest BCUT2D eigenvalue weighted by atomic mass is 35.5. The smallest absolute Gasteiger partial charge is 0.228 e. The Labute approximate surface area is 117 Å². The van der Waals surface area contributed by atoms with E-state index in [-0.39, 0.29) is 24.2 Å². The zero-order valence-corrected chi connectivity index (χ0v) is 11.3. The average molecular weight is 281 g/mol. The van der Waals surface area contributed by atoms with Crippen LogP contribution in [0.5, 0.6) is 0 Å². The SMILES string of the molecule is Cl.O=C(Nc1cccc2cn[nH]c12)C1CCCNC1. The molecule has 0 aliphatic carbocycles. The fraction of sp³-hybridized carbons (Fsp3) is 0.385. The topological polar surface area (TPSA) is 69.8 Å². The molecule has 1 aliphatic heterocycles. The van der Waals surface area contributed by atoms with E-state index < -0.39 is 0 Å². The van der Waals surface area contributed by atoms with Gasteiger partial charge in [0.2, 0.25) is 5.91 Å². The minimum Gasteiger partial charge on any atom is -0.324 e. The van der Waals surface area contributed by atoms with Gasteiger partial charge in [0.1, 0.15) is 0 Å². The van der Waals surface area contributed by atoms with Gasteiger partial charge in [-0.3, -0.25) is 9.89 Å². The van der Waals surface area contributed by atoms with E-state index in [0.717, 1.165) is 42.5 Å². The van der Waals surface area contributed by atoms with Gasteiger partial charge in [-0.2, -0.15) is 5.10 Å². The summed E-state index contributed by atoms with van der Waals surface area (Å²) in [6, 6.07) is 5.79. The molecule has 6 heteroatoms. The average Bonchev–Trinajstić information content (AvgIpc) is 2.89. The predicted molar refractivity (Wildman–Crippen MR) is 77.6 cm³/mol. The summed E-state index contributed by atoms with van der Waals surface area (Å²) in [5.41, 5.74) is 1.69. The lowest BCUT2D eigenvalue weighted by Crippen LogP contribution is -2.37. The summed E-state index contributed by atoms with van der Waals surface area (Å²) in [4.78, 5) is 12.1. The first-order valence-electron chi connectivity index (χ1n) is 6.28. The molecule has 0 spiro atoms. The van der Waals surface area contributed by atoms with E-state index in [1.807, 2.05) is 18.2 Å². The molecule has 3 N–H and O–H groups in total. The Bertz CT molecular complexity index is 563. The maximum Gasteiger partial charge on any atom is 0.228 e. The third kappa shape index (κ3) is 2.88. The molecule has 1 fully saturated rings. The summed E-state index contributed by atoms with van der Waals surface area (Å²) in [5.74, 6) is 0.154. The van der Waals surface area contributed by atoms with Crippen LogP contribution in [0.1, 0.15) is 12.8 Å². The molecule has 1 amide bonds. The number of hydrogen-bond acceptors (Lipinski definition) is 3. The van der Waals surface area contributed by atoms with Crippen molar-refractivity contribution in [3.63, 3.8) is 0 Å². The van der Waals surface area contributed by atoms with E-state index >= 15 is 0 Å². The lowest BCUT2D eigenvalue weighted by molar-refractivity contribution is -0.120. The van der Waals surface area contributed by atoms with Gasteiger partial charge in [-0.1, -0.05) is 12.1 Å². The second kappa shape index (κ2) is 6.04. The van der Waals surface area contributed by atoms with Crippen LogP contribution in [-0.2, 0) is 4.79 Å². The molecule has 1 atom stereocenters. The highest BCUT2D eigenvalue weighted by Gasteiger charge is 2.21. The van der Waals surface area contributed by atoms with E-state index in [1.165, 1.54) is 0 Å². The number of aromatic nitrogens is 2. The predicted octanol–water partition coefficient (Wildman–Crippen LogP) is 1.92. The molecule has 5 nitrogen and oxygen atoms in total. The molecule has 19 heavy (non-hydrogen) atoms. The first-order valence-corrected chi connectivity index (χ1v) is 6.28. The number of amides is 1. The van der Waals surface area contributed by atoms with Crippen LogP contribution in [0.3, 0.4) is 0 Å². The Morgan fingerprint density at radius 2 is 2.32 bits per heavy atom. The third-order valence-corrected chi connectivity index (χ3v) is 3.40. The minimum absolute atomic E-state index is 0. The van der Waals surface area contributed by atoms with Crippen LogP contribution in [0.4, 0.5) is 5.69 Å². The van der Waals surface area contributed by atoms with Crippen LogP contribution in [0.15, 0.2) is 24.4 Å². The van der Waals surface area contributed by atoms with E-state index in [2.05, 4.69) is 20.8 Å². The Balaban J connectivity index is 0.00000133. The number of para-hydroxylation sites is 1. The summed E-state index contributed by atoms with van der Waals surface area (Å²) in [6.07, 6.45) is 3.78. The number of benzene rings is 1. The number of anilines is 1. The number of carbonyl (C=O) groups is 1. The van der Waals surface area contributed by atoms with Crippen LogP contribution in [-0.4, -0.2) is 29.2 Å². The van der Waals surface area contributed by atoms with Crippen molar-refractivity contribution < 1.29 is 4.79 Å². The summed E-state index contributed by atoms with van der Waals surface area (Å²) in [7, 11) is 0. The third-order valence-electron chi connectivity index (χ3n) is 3.40. The first-order chi connectivity index (χ1) is 8.84. The molecule has 1 unspecified atom stereocenters. The van der Waals surface area contributed by atoms with Crippen LogP contribution < -0.4 is 10.6 Å². The second-order valence-corrected chi connectivity index (χ2v) is 4.67. The minimum atomic E-state index is 0. The zero-order chi connectivity index (χ0) is 12.4. The maximum absolute atomic E-state index is 12.1. The molecule has 1 aliphatic rings. The highest BCUT2D eigenvalue weighted by Crippen LogP contribution is 2.22. The summed E-state index contributed by atoms with van der Waals surface area (Å²) < 4.78 is 0. The van der Waals surface area contributed by atoms with Gasteiger partial charge in [-0.25, -0.2) is 0 Å². The molecule has 2 aromatic rings. The molecule has 2 heterocycles. The molecule has 102 valence electrons. The van der Waals surface area contributed by atoms with E-state index in [1.54, 1.807) is 6.20 Å². The molecular weight excluding hydrogens is 264 g/mol. The van der Waals surface area contributed by atoms with Crippen molar-refractivity contribution in [1.82, 2.24) is 15.5 Å². The number of fused-ring (bicyclic) bond motifs is 1. The van der Waals surface area contributed by atoms with Crippen LogP contribution in [0.25, 0.3) is 10.9 Å². The summed E-state index contributed by atoms with van der Waals surface area (Å²) >= 11 is 0. The lowest BCUT2D eigenvalue weighted by atomic mass is 9.99. The zero-order valence-electron chi connectivity index (χ0n) is 10.5. The van der Waals surface area contributed by atoms with Gasteiger partial charge >= 0.3 is 0 Å². The number of halogens is 1. The van der Waals surface area contributed by atoms with Gasteiger partial charge in [0.05, 0.1) is 23.3 Å². The molecule has 0 radical (unpaired) electrons. The molecular formula is C13H17ClN4O. The van der Waals surface area contributed by atoms with E-state index in [4.69, 9.17) is 0 Å². The van der Waals surface area contributed by atoms with Crippen molar-refractivity contribution in [2.45, 2.75) is 12.8 Å². The van der Waals surface area contributed by atoms with E-state index in [0.29, 0.717) is 0 Å². The number of piperidine rings is 1. The van der Waals surface area contributed by atoms with Crippen molar-refractivity contribution >= 4 is 34.9 Å². The number of aromatic amines is 1. The van der Waals surface area contributed by atoms with Gasteiger partial charge in [-0.15, -0.1) is 12.4 Å². The normalized spacial score (nSPS) is 18.8. The Morgan fingerprint density at radius 1 is 1.42 bits per heavy atom. The first kappa shape index (κ1) is 13.8. The van der Waals surface area contributed by atoms with Gasteiger partial charge in [0.15, 0.2) is 0 Å². The second-order valence-electron chi connectivity index (χ2n) is 4.67. The quantitative estimate of drug-likeness (QED) is 0.787. The molecule has 1 aromatic carbocycles. The van der Waals surface area contributed by atoms with Gasteiger partial charge < -0.3 is 10.6 Å². The van der Waals surface area contributed by atoms with Gasteiger partial charge in [0.25, 0.3) is 0 Å². The largest absolute Gasteiger partial charge is 0.324 e. The van der Waals surface area contributed by atoms with Gasteiger partial charge in [-0.05, 0) is 25.5 Å². The van der Waals surface area contributed by atoms with Crippen molar-refractivity contribution in [2.24, 2.45) is 5.92 Å². The number of H-pyrrole nitrogens is 1. The maximum atomic E-state index is 12.1. The standard InChI is InChI=1S/C13H16N4O.ClH/c18-13(10-4-2-6-14-7-10)16-11-5-1-3-9-8-15-17-12(9)11;/h1,3,5,8,10,14H,2,4,6-7H2,(H,15,17)(H,16,18);1H. The Kier molecular flexibility index (Phi) is 4.39. The summed E-state index contributed by atoms with van der Waals surface area (Å²) in [6.45, 7) is 1.78. The Morgan fingerprint density at radius 3 is 3.11 bits per heavy atom.